The molecule has 1 heterocycles. The van der Waals surface area contributed by atoms with E-state index in [1.807, 2.05) is 19.1 Å². The smallest absolute Gasteiger partial charge is 0.123 e. The van der Waals surface area contributed by atoms with E-state index in [-0.39, 0.29) is 11.4 Å². The van der Waals surface area contributed by atoms with E-state index >= 15 is 0 Å². The summed E-state index contributed by atoms with van der Waals surface area (Å²) in [6.07, 6.45) is 3.55. The lowest BCUT2D eigenvalue weighted by molar-refractivity contribution is -0.142. The molecule has 1 aliphatic heterocycles. The Balaban J connectivity index is 1.64. The van der Waals surface area contributed by atoms with Gasteiger partial charge in [-0.05, 0) is 37.5 Å². The molecule has 0 radical (unpaired) electrons. The molecule has 1 aliphatic carbocycles. The van der Waals surface area contributed by atoms with Crippen LogP contribution in [0.2, 0.25) is 0 Å². The van der Waals surface area contributed by atoms with Gasteiger partial charge < -0.3 is 9.47 Å². The van der Waals surface area contributed by atoms with Gasteiger partial charge in [0.15, 0.2) is 0 Å². The second-order valence-corrected chi connectivity index (χ2v) is 6.50. The largest absolute Gasteiger partial charge is 0.381 e. The number of ether oxygens (including phenoxy) is 2. The Hall–Kier alpha value is -0.970. The van der Waals surface area contributed by atoms with Crippen LogP contribution >= 0.6 is 0 Å². The molecule has 22 heavy (non-hydrogen) atoms. The van der Waals surface area contributed by atoms with Crippen LogP contribution in [0.15, 0.2) is 24.3 Å². The highest BCUT2D eigenvalue weighted by Crippen LogP contribution is 2.41. The van der Waals surface area contributed by atoms with Gasteiger partial charge in [-0.15, -0.1) is 0 Å². The van der Waals surface area contributed by atoms with E-state index in [1.54, 1.807) is 12.1 Å². The average molecular weight is 307 g/mol. The molecule has 1 aromatic carbocycles. The van der Waals surface area contributed by atoms with Gasteiger partial charge >= 0.3 is 0 Å². The van der Waals surface area contributed by atoms with E-state index in [1.165, 1.54) is 12.8 Å². The van der Waals surface area contributed by atoms with Crippen LogP contribution < -0.4 is 0 Å². The Kier molecular flexibility index (Phi) is 5.11. The number of hydrogen-bond acceptors (Lipinski definition) is 3. The van der Waals surface area contributed by atoms with Gasteiger partial charge in [-0.2, -0.15) is 0 Å². The standard InChI is InChI=1S/C18H26FNO2/c1-2-21-13-16-4-3-9-18(16)14-20(10-11-22-18)12-15-5-7-17(19)8-6-15/h5-8,16H,2-4,9-14H2,1H3/t16-,18+/m0/s1. The quantitative estimate of drug-likeness (QED) is 0.833. The topological polar surface area (TPSA) is 21.7 Å². The summed E-state index contributed by atoms with van der Waals surface area (Å²) in [5, 5.41) is 0. The van der Waals surface area contributed by atoms with Gasteiger partial charge in [-0.3, -0.25) is 4.90 Å². The maximum atomic E-state index is 13.0. The van der Waals surface area contributed by atoms with Crippen molar-refractivity contribution in [1.29, 1.82) is 0 Å². The number of morpholine rings is 1. The number of nitrogens with zero attached hydrogens (tertiary/aromatic N) is 1. The third kappa shape index (κ3) is 3.50. The number of benzene rings is 1. The Morgan fingerprint density at radius 3 is 2.95 bits per heavy atom. The molecule has 1 saturated heterocycles. The highest BCUT2D eigenvalue weighted by atomic mass is 19.1. The Morgan fingerprint density at radius 1 is 1.36 bits per heavy atom. The fourth-order valence-corrected chi connectivity index (χ4v) is 3.87. The minimum atomic E-state index is -0.172. The van der Waals surface area contributed by atoms with Gasteiger partial charge in [0.05, 0.1) is 18.8 Å². The Morgan fingerprint density at radius 2 is 2.18 bits per heavy atom. The first-order valence-electron chi connectivity index (χ1n) is 8.40. The van der Waals surface area contributed by atoms with Crippen LogP contribution in [-0.2, 0) is 16.0 Å². The summed E-state index contributed by atoms with van der Waals surface area (Å²) in [4.78, 5) is 2.45. The summed E-state index contributed by atoms with van der Waals surface area (Å²) in [6.45, 7) is 7.18. The van der Waals surface area contributed by atoms with Crippen molar-refractivity contribution >= 4 is 0 Å². The minimum Gasteiger partial charge on any atom is -0.381 e. The predicted molar refractivity (Wildman–Crippen MR) is 84.2 cm³/mol. The molecule has 4 heteroatoms. The van der Waals surface area contributed by atoms with Crippen molar-refractivity contribution in [2.45, 2.75) is 38.3 Å². The maximum Gasteiger partial charge on any atom is 0.123 e. The third-order valence-corrected chi connectivity index (χ3v) is 5.03. The molecule has 0 aromatic heterocycles. The number of rotatable bonds is 5. The van der Waals surface area contributed by atoms with Crippen LogP contribution in [0.1, 0.15) is 31.7 Å². The Labute approximate surface area is 132 Å². The van der Waals surface area contributed by atoms with Crippen molar-refractivity contribution in [2.24, 2.45) is 5.92 Å². The second kappa shape index (κ2) is 7.07. The van der Waals surface area contributed by atoms with Gasteiger partial charge in [0.2, 0.25) is 0 Å². The SMILES string of the molecule is CCOC[C@@H]1CCC[C@@]12CN(Cc1ccc(F)cc1)CCO2. The first-order valence-corrected chi connectivity index (χ1v) is 8.40. The van der Waals surface area contributed by atoms with E-state index in [4.69, 9.17) is 9.47 Å². The molecule has 2 fully saturated rings. The van der Waals surface area contributed by atoms with Crippen LogP contribution in [0.4, 0.5) is 4.39 Å². The summed E-state index contributed by atoms with van der Waals surface area (Å²) < 4.78 is 24.9. The molecule has 3 nitrogen and oxygen atoms in total. The lowest BCUT2D eigenvalue weighted by Crippen LogP contribution is -2.54. The second-order valence-electron chi connectivity index (χ2n) is 6.50. The van der Waals surface area contributed by atoms with Crippen LogP contribution in [-0.4, -0.2) is 43.4 Å². The van der Waals surface area contributed by atoms with Gasteiger partial charge in [0.25, 0.3) is 0 Å². The zero-order valence-corrected chi connectivity index (χ0v) is 13.4. The normalized spacial score (nSPS) is 29.3. The van der Waals surface area contributed by atoms with E-state index in [0.29, 0.717) is 5.92 Å². The summed E-state index contributed by atoms with van der Waals surface area (Å²) in [6, 6.07) is 6.84. The zero-order valence-electron chi connectivity index (χ0n) is 13.4. The van der Waals surface area contributed by atoms with Crippen molar-refractivity contribution in [3.63, 3.8) is 0 Å². The van der Waals surface area contributed by atoms with Crippen LogP contribution in [0.25, 0.3) is 0 Å². The Bertz CT molecular complexity index is 478. The van der Waals surface area contributed by atoms with Gasteiger partial charge in [0, 0.05) is 32.2 Å². The first-order chi connectivity index (χ1) is 10.7. The van der Waals surface area contributed by atoms with Crippen molar-refractivity contribution in [1.82, 2.24) is 4.90 Å². The summed E-state index contributed by atoms with van der Waals surface area (Å²) in [5.74, 6) is 0.332. The first kappa shape index (κ1) is 15.9. The molecule has 122 valence electrons. The fraction of sp³-hybridized carbons (Fsp3) is 0.667. The summed E-state index contributed by atoms with van der Waals surface area (Å²) in [7, 11) is 0. The van der Waals surface area contributed by atoms with Crippen molar-refractivity contribution in [3.05, 3.63) is 35.6 Å². The molecule has 0 bridgehead atoms. The number of hydrogen-bond donors (Lipinski definition) is 0. The molecule has 2 atom stereocenters. The highest BCUT2D eigenvalue weighted by Gasteiger charge is 2.46. The molecule has 0 amide bonds. The van der Waals surface area contributed by atoms with E-state index < -0.39 is 0 Å². The molecule has 1 aromatic rings. The minimum absolute atomic E-state index is 0.0343. The van der Waals surface area contributed by atoms with Gasteiger partial charge in [-0.25, -0.2) is 4.39 Å². The molecular weight excluding hydrogens is 281 g/mol. The third-order valence-electron chi connectivity index (χ3n) is 5.03. The van der Waals surface area contributed by atoms with Crippen LogP contribution in [0, 0.1) is 11.7 Å². The molecule has 1 saturated carbocycles. The highest BCUT2D eigenvalue weighted by molar-refractivity contribution is 5.16. The summed E-state index contributed by atoms with van der Waals surface area (Å²) in [5.41, 5.74) is 1.13. The molecule has 0 unspecified atom stereocenters. The van der Waals surface area contributed by atoms with Crippen molar-refractivity contribution in [2.75, 3.05) is 32.9 Å². The number of halogens is 1. The molecule has 3 rings (SSSR count). The monoisotopic (exact) mass is 307 g/mol. The average Bonchev–Trinajstić information content (AvgIpc) is 2.89. The van der Waals surface area contributed by atoms with E-state index in [0.717, 1.165) is 51.4 Å². The van der Waals surface area contributed by atoms with Gasteiger partial charge in [0.1, 0.15) is 5.82 Å². The van der Waals surface area contributed by atoms with E-state index in [2.05, 4.69) is 4.90 Å². The lowest BCUT2D eigenvalue weighted by Gasteiger charge is -2.44. The molecular formula is C18H26FNO2. The maximum absolute atomic E-state index is 13.0. The van der Waals surface area contributed by atoms with Crippen molar-refractivity contribution < 1.29 is 13.9 Å². The van der Waals surface area contributed by atoms with E-state index in [9.17, 15) is 4.39 Å². The lowest BCUT2D eigenvalue weighted by atomic mass is 9.89. The van der Waals surface area contributed by atoms with Crippen LogP contribution in [0.3, 0.4) is 0 Å². The van der Waals surface area contributed by atoms with Gasteiger partial charge in [-0.1, -0.05) is 18.6 Å². The predicted octanol–water partition coefficient (Wildman–Crippen LogP) is 3.23. The fourth-order valence-electron chi connectivity index (χ4n) is 3.87. The van der Waals surface area contributed by atoms with Crippen LogP contribution in [0.5, 0.6) is 0 Å². The van der Waals surface area contributed by atoms with Crippen molar-refractivity contribution in [3.8, 4) is 0 Å². The molecule has 1 spiro atoms. The summed E-state index contributed by atoms with van der Waals surface area (Å²) >= 11 is 0. The molecule has 0 N–H and O–H groups in total. The molecule has 2 aliphatic rings. The zero-order chi connectivity index (χ0) is 15.4.